The zero-order valence-corrected chi connectivity index (χ0v) is 10.5. The minimum absolute atomic E-state index is 0.0908. The number of rotatable bonds is 4. The summed E-state index contributed by atoms with van der Waals surface area (Å²) in [6.07, 6.45) is 1.80. The normalized spacial score (nSPS) is 10.2. The molecule has 0 radical (unpaired) electrons. The summed E-state index contributed by atoms with van der Waals surface area (Å²) in [4.78, 5) is 21.7. The van der Waals surface area contributed by atoms with Crippen LogP contribution in [0.4, 0.5) is 9.18 Å². The average Bonchev–Trinajstić information content (AvgIpc) is 2.85. The van der Waals surface area contributed by atoms with Gasteiger partial charge in [-0.15, -0.1) is 0 Å². The van der Waals surface area contributed by atoms with Gasteiger partial charge in [0.1, 0.15) is 5.82 Å². The number of nitrogens with zero attached hydrogens (tertiary/aromatic N) is 2. The Labute approximate surface area is 114 Å². The average molecular weight is 276 g/mol. The first-order valence-electron chi connectivity index (χ1n) is 5.93. The lowest BCUT2D eigenvalue weighted by Gasteiger charge is -2.01. The molecule has 0 saturated heterocycles. The van der Waals surface area contributed by atoms with Gasteiger partial charge in [0.25, 0.3) is 0 Å². The molecule has 0 atom stereocenters. The number of nitrogens with two attached hydrogens (primary N) is 1. The van der Waals surface area contributed by atoms with Gasteiger partial charge < -0.3 is 5.73 Å². The van der Waals surface area contributed by atoms with E-state index < -0.39 is 11.9 Å². The van der Waals surface area contributed by atoms with E-state index in [1.807, 2.05) is 5.32 Å². The molecule has 6 nitrogen and oxygen atoms in total. The molecule has 0 saturated carbocycles. The van der Waals surface area contributed by atoms with Gasteiger partial charge in [0, 0.05) is 24.7 Å². The highest BCUT2D eigenvalue weighted by atomic mass is 19.1. The lowest BCUT2D eigenvalue weighted by Crippen LogP contribution is -2.35. The molecule has 2 aromatic rings. The number of urea groups is 1. The largest absolute Gasteiger partial charge is 0.351 e. The summed E-state index contributed by atoms with van der Waals surface area (Å²) < 4.78 is 14.4. The third-order valence-electron chi connectivity index (χ3n) is 2.61. The van der Waals surface area contributed by atoms with Crippen molar-refractivity contribution in [1.29, 1.82) is 0 Å². The van der Waals surface area contributed by atoms with E-state index in [1.165, 1.54) is 12.1 Å². The number of benzene rings is 1. The predicted octanol–water partition coefficient (Wildman–Crippen LogP) is 1.27. The van der Waals surface area contributed by atoms with Gasteiger partial charge in [-0.2, -0.15) is 5.10 Å². The van der Waals surface area contributed by atoms with Gasteiger partial charge >= 0.3 is 6.03 Å². The van der Waals surface area contributed by atoms with E-state index in [2.05, 4.69) is 5.10 Å². The molecule has 0 fully saturated rings. The SMILES string of the molecule is NC(=O)NC(=O)CCn1ccc(-c2ccc(F)cc2)n1. The Morgan fingerprint density at radius 1 is 1.25 bits per heavy atom. The lowest BCUT2D eigenvalue weighted by molar-refractivity contribution is -0.120. The summed E-state index contributed by atoms with van der Waals surface area (Å²) in [7, 11) is 0. The molecule has 0 aliphatic rings. The van der Waals surface area contributed by atoms with Crippen molar-refractivity contribution in [2.75, 3.05) is 0 Å². The molecule has 7 heteroatoms. The van der Waals surface area contributed by atoms with Crippen molar-refractivity contribution in [1.82, 2.24) is 15.1 Å². The van der Waals surface area contributed by atoms with E-state index in [0.29, 0.717) is 12.2 Å². The smallest absolute Gasteiger partial charge is 0.318 e. The Hall–Kier alpha value is -2.70. The molecule has 104 valence electrons. The second kappa shape index (κ2) is 5.96. The Kier molecular flexibility index (Phi) is 4.09. The van der Waals surface area contributed by atoms with Crippen molar-refractivity contribution in [3.63, 3.8) is 0 Å². The number of hydrogen-bond donors (Lipinski definition) is 2. The summed E-state index contributed by atoms with van der Waals surface area (Å²) in [5.41, 5.74) is 6.30. The third-order valence-corrected chi connectivity index (χ3v) is 2.61. The molecule has 20 heavy (non-hydrogen) atoms. The molecule has 0 aliphatic heterocycles. The molecular weight excluding hydrogens is 263 g/mol. The number of amides is 3. The van der Waals surface area contributed by atoms with Crippen molar-refractivity contribution in [3.05, 3.63) is 42.3 Å². The number of imide groups is 1. The van der Waals surface area contributed by atoms with E-state index in [1.54, 1.807) is 29.1 Å². The Morgan fingerprint density at radius 2 is 1.95 bits per heavy atom. The van der Waals surface area contributed by atoms with Crippen molar-refractivity contribution in [3.8, 4) is 11.3 Å². The first-order chi connectivity index (χ1) is 9.54. The van der Waals surface area contributed by atoms with Crippen LogP contribution in [0.3, 0.4) is 0 Å². The molecule has 2 rings (SSSR count). The molecule has 3 amide bonds. The minimum Gasteiger partial charge on any atom is -0.351 e. The fourth-order valence-electron chi connectivity index (χ4n) is 1.68. The van der Waals surface area contributed by atoms with Gasteiger partial charge in [-0.1, -0.05) is 0 Å². The van der Waals surface area contributed by atoms with E-state index in [9.17, 15) is 14.0 Å². The van der Waals surface area contributed by atoms with E-state index >= 15 is 0 Å². The first-order valence-corrected chi connectivity index (χ1v) is 5.93. The summed E-state index contributed by atoms with van der Waals surface area (Å²) in [5.74, 6) is -0.771. The van der Waals surface area contributed by atoms with E-state index in [-0.39, 0.29) is 12.2 Å². The lowest BCUT2D eigenvalue weighted by atomic mass is 10.1. The van der Waals surface area contributed by atoms with Crippen molar-refractivity contribution in [2.45, 2.75) is 13.0 Å². The monoisotopic (exact) mass is 276 g/mol. The van der Waals surface area contributed by atoms with Gasteiger partial charge in [0.2, 0.25) is 5.91 Å². The highest BCUT2D eigenvalue weighted by Crippen LogP contribution is 2.17. The molecule has 1 aromatic heterocycles. The fraction of sp³-hybridized carbons (Fsp3) is 0.154. The van der Waals surface area contributed by atoms with Gasteiger partial charge in [0.05, 0.1) is 5.69 Å². The molecule has 0 bridgehead atoms. The number of hydrogen-bond acceptors (Lipinski definition) is 3. The Morgan fingerprint density at radius 3 is 2.60 bits per heavy atom. The first kappa shape index (κ1) is 13.7. The molecular formula is C13H13FN4O2. The van der Waals surface area contributed by atoms with E-state index in [4.69, 9.17) is 5.73 Å². The van der Waals surface area contributed by atoms with Crippen molar-refractivity contribution < 1.29 is 14.0 Å². The summed E-state index contributed by atoms with van der Waals surface area (Å²) >= 11 is 0. The number of carbonyl (C=O) groups is 2. The van der Waals surface area contributed by atoms with E-state index in [0.717, 1.165) is 5.56 Å². The van der Waals surface area contributed by atoms with Crippen LogP contribution in [0.25, 0.3) is 11.3 Å². The highest BCUT2D eigenvalue weighted by Gasteiger charge is 2.06. The summed E-state index contributed by atoms with van der Waals surface area (Å²) in [6.45, 7) is 0.320. The Balaban J connectivity index is 1.97. The van der Waals surface area contributed by atoms with Gasteiger partial charge in [0.15, 0.2) is 0 Å². The zero-order valence-electron chi connectivity index (χ0n) is 10.5. The highest BCUT2D eigenvalue weighted by molar-refractivity contribution is 5.93. The third kappa shape index (κ3) is 3.64. The molecule has 3 N–H and O–H groups in total. The molecule has 0 spiro atoms. The molecule has 0 unspecified atom stereocenters. The van der Waals surface area contributed by atoms with Crippen molar-refractivity contribution in [2.24, 2.45) is 5.73 Å². The van der Waals surface area contributed by atoms with Crippen LogP contribution in [0, 0.1) is 5.82 Å². The van der Waals surface area contributed by atoms with Crippen LogP contribution in [0.2, 0.25) is 0 Å². The summed E-state index contributed by atoms with van der Waals surface area (Å²) in [6, 6.07) is 6.86. The number of nitrogens with one attached hydrogen (secondary N) is 1. The zero-order chi connectivity index (χ0) is 14.5. The quantitative estimate of drug-likeness (QED) is 0.881. The van der Waals surface area contributed by atoms with Crippen LogP contribution in [-0.4, -0.2) is 21.7 Å². The molecule has 1 heterocycles. The maximum absolute atomic E-state index is 12.8. The summed E-state index contributed by atoms with van der Waals surface area (Å²) in [5, 5.41) is 6.23. The van der Waals surface area contributed by atoms with Crippen LogP contribution < -0.4 is 11.1 Å². The molecule has 1 aromatic carbocycles. The van der Waals surface area contributed by atoms with Crippen LogP contribution in [-0.2, 0) is 11.3 Å². The Bertz CT molecular complexity index is 622. The number of halogens is 1. The molecule has 0 aliphatic carbocycles. The number of aryl methyl sites for hydroxylation is 1. The maximum atomic E-state index is 12.8. The van der Waals surface area contributed by atoms with Crippen LogP contribution >= 0.6 is 0 Å². The van der Waals surface area contributed by atoms with Gasteiger partial charge in [-0.05, 0) is 30.3 Å². The number of carbonyl (C=O) groups excluding carboxylic acids is 2. The van der Waals surface area contributed by atoms with Crippen LogP contribution in [0.15, 0.2) is 36.5 Å². The maximum Gasteiger partial charge on any atom is 0.318 e. The standard InChI is InChI=1S/C13H13FN4O2/c14-10-3-1-9(2-4-10)11-5-7-18(17-11)8-6-12(19)16-13(15)20/h1-5,7H,6,8H2,(H3,15,16,19,20). The second-order valence-electron chi connectivity index (χ2n) is 4.13. The second-order valence-corrected chi connectivity index (χ2v) is 4.13. The van der Waals surface area contributed by atoms with Crippen molar-refractivity contribution >= 4 is 11.9 Å². The fourth-order valence-corrected chi connectivity index (χ4v) is 1.68. The number of aromatic nitrogens is 2. The van der Waals surface area contributed by atoms with Gasteiger partial charge in [-0.3, -0.25) is 14.8 Å². The predicted molar refractivity (Wildman–Crippen MR) is 70.0 cm³/mol. The minimum atomic E-state index is -0.873. The van der Waals surface area contributed by atoms with Gasteiger partial charge in [-0.25, -0.2) is 9.18 Å². The topological polar surface area (TPSA) is 90.0 Å². The number of primary amides is 1. The van der Waals surface area contributed by atoms with Crippen LogP contribution in [0.1, 0.15) is 6.42 Å². The van der Waals surface area contributed by atoms with Crippen LogP contribution in [0.5, 0.6) is 0 Å².